The molecule has 0 spiro atoms. The van der Waals surface area contributed by atoms with Crippen LogP contribution in [-0.2, 0) is 4.74 Å². The summed E-state index contributed by atoms with van der Waals surface area (Å²) in [7, 11) is 1.69. The lowest BCUT2D eigenvalue weighted by Gasteiger charge is -2.26. The summed E-state index contributed by atoms with van der Waals surface area (Å²) in [6.07, 6.45) is 2.98. The largest absolute Gasteiger partial charge is 0.380 e. The highest BCUT2D eigenvalue weighted by Crippen LogP contribution is 2.17. The van der Waals surface area contributed by atoms with Gasteiger partial charge in [-0.25, -0.2) is 0 Å². The third-order valence-electron chi connectivity index (χ3n) is 2.99. The highest BCUT2D eigenvalue weighted by molar-refractivity contribution is 9.10. The number of halogens is 1. The van der Waals surface area contributed by atoms with Crippen LogP contribution in [-0.4, -0.2) is 37.6 Å². The fourth-order valence-electron chi connectivity index (χ4n) is 2.02. The summed E-state index contributed by atoms with van der Waals surface area (Å²) in [6.45, 7) is 2.10. The standard InChI is InChI=1S/C14H16BrNO2/c1-18-10-11-5-7-16(8-6-11)14(17)12-3-2-4-13(15)9-12/h2-5,9H,6-8,10H2,1H3. The van der Waals surface area contributed by atoms with Gasteiger partial charge in [0, 0.05) is 30.2 Å². The van der Waals surface area contributed by atoms with Crippen LogP contribution in [0.4, 0.5) is 0 Å². The molecule has 1 aliphatic heterocycles. The van der Waals surface area contributed by atoms with Gasteiger partial charge < -0.3 is 9.64 Å². The van der Waals surface area contributed by atoms with Crippen LogP contribution in [0.1, 0.15) is 16.8 Å². The molecule has 0 radical (unpaired) electrons. The first-order valence-corrected chi connectivity index (χ1v) is 6.71. The number of nitrogens with zero attached hydrogens (tertiary/aromatic N) is 1. The molecule has 3 nitrogen and oxygen atoms in total. The molecule has 0 saturated heterocycles. The second-order valence-electron chi connectivity index (χ2n) is 4.31. The molecule has 0 unspecified atom stereocenters. The quantitative estimate of drug-likeness (QED) is 0.804. The van der Waals surface area contributed by atoms with E-state index >= 15 is 0 Å². The number of carbonyl (C=O) groups is 1. The highest BCUT2D eigenvalue weighted by Gasteiger charge is 2.18. The molecule has 1 aromatic rings. The zero-order valence-electron chi connectivity index (χ0n) is 10.4. The Kier molecular flexibility index (Phi) is 4.55. The summed E-state index contributed by atoms with van der Waals surface area (Å²) in [5.74, 6) is 0.0871. The third-order valence-corrected chi connectivity index (χ3v) is 3.48. The Morgan fingerprint density at radius 2 is 2.33 bits per heavy atom. The number of ether oxygens (including phenoxy) is 1. The molecule has 4 heteroatoms. The molecule has 18 heavy (non-hydrogen) atoms. The van der Waals surface area contributed by atoms with Gasteiger partial charge in [0.05, 0.1) is 6.61 Å². The summed E-state index contributed by atoms with van der Waals surface area (Å²) in [6, 6.07) is 7.51. The lowest BCUT2D eigenvalue weighted by atomic mass is 10.1. The van der Waals surface area contributed by atoms with Gasteiger partial charge in [-0.3, -0.25) is 4.79 Å². The van der Waals surface area contributed by atoms with Crippen molar-refractivity contribution in [2.75, 3.05) is 26.8 Å². The van der Waals surface area contributed by atoms with E-state index in [2.05, 4.69) is 22.0 Å². The molecule has 0 atom stereocenters. The van der Waals surface area contributed by atoms with Crippen molar-refractivity contribution >= 4 is 21.8 Å². The first kappa shape index (κ1) is 13.3. The maximum atomic E-state index is 12.3. The Labute approximate surface area is 116 Å². The van der Waals surface area contributed by atoms with E-state index < -0.39 is 0 Å². The Morgan fingerprint density at radius 1 is 1.50 bits per heavy atom. The lowest BCUT2D eigenvalue weighted by molar-refractivity contribution is 0.0765. The monoisotopic (exact) mass is 309 g/mol. The Bertz CT molecular complexity index is 471. The zero-order chi connectivity index (χ0) is 13.0. The third kappa shape index (κ3) is 3.21. The average Bonchev–Trinajstić information content (AvgIpc) is 2.39. The highest BCUT2D eigenvalue weighted by atomic mass is 79.9. The molecule has 0 saturated carbocycles. The molecule has 1 heterocycles. The number of amides is 1. The average molecular weight is 310 g/mol. The van der Waals surface area contributed by atoms with Crippen LogP contribution in [0.15, 0.2) is 40.4 Å². The SMILES string of the molecule is COCC1=CCN(C(=O)c2cccc(Br)c2)CC1. The zero-order valence-corrected chi connectivity index (χ0v) is 11.9. The molecular formula is C14H16BrNO2. The number of methoxy groups -OCH3 is 1. The molecule has 2 rings (SSSR count). The number of hydrogen-bond donors (Lipinski definition) is 0. The van der Waals surface area contributed by atoms with E-state index in [4.69, 9.17) is 4.74 Å². The number of carbonyl (C=O) groups excluding carboxylic acids is 1. The maximum absolute atomic E-state index is 12.3. The summed E-state index contributed by atoms with van der Waals surface area (Å²) < 4.78 is 6.03. The van der Waals surface area contributed by atoms with Gasteiger partial charge in [-0.15, -0.1) is 0 Å². The topological polar surface area (TPSA) is 29.5 Å². The van der Waals surface area contributed by atoms with Gasteiger partial charge in [0.2, 0.25) is 0 Å². The van der Waals surface area contributed by atoms with Crippen molar-refractivity contribution < 1.29 is 9.53 Å². The molecule has 1 aromatic carbocycles. The van der Waals surface area contributed by atoms with Crippen LogP contribution in [0.3, 0.4) is 0 Å². The van der Waals surface area contributed by atoms with E-state index in [0.717, 1.165) is 23.0 Å². The van der Waals surface area contributed by atoms with Crippen LogP contribution < -0.4 is 0 Å². The molecule has 1 aliphatic rings. The van der Waals surface area contributed by atoms with Gasteiger partial charge in [0.25, 0.3) is 5.91 Å². The van der Waals surface area contributed by atoms with Crippen LogP contribution in [0.2, 0.25) is 0 Å². The molecule has 0 fully saturated rings. The Morgan fingerprint density at radius 3 is 2.94 bits per heavy atom. The smallest absolute Gasteiger partial charge is 0.254 e. The van der Waals surface area contributed by atoms with Gasteiger partial charge in [0.15, 0.2) is 0 Å². The second-order valence-corrected chi connectivity index (χ2v) is 5.22. The minimum Gasteiger partial charge on any atom is -0.380 e. The normalized spacial score (nSPS) is 15.4. The van der Waals surface area contributed by atoms with E-state index in [1.165, 1.54) is 5.57 Å². The first-order chi connectivity index (χ1) is 8.70. The first-order valence-electron chi connectivity index (χ1n) is 5.92. The van der Waals surface area contributed by atoms with Gasteiger partial charge in [-0.2, -0.15) is 0 Å². The molecule has 96 valence electrons. The van der Waals surface area contributed by atoms with E-state index in [1.54, 1.807) is 7.11 Å². The fourth-order valence-corrected chi connectivity index (χ4v) is 2.42. The molecule has 0 N–H and O–H groups in total. The van der Waals surface area contributed by atoms with Crippen molar-refractivity contribution in [3.8, 4) is 0 Å². The molecular weight excluding hydrogens is 294 g/mol. The molecule has 0 aromatic heterocycles. The predicted octanol–water partition coefficient (Wildman–Crippen LogP) is 2.87. The lowest BCUT2D eigenvalue weighted by Crippen LogP contribution is -2.35. The predicted molar refractivity (Wildman–Crippen MR) is 74.6 cm³/mol. The van der Waals surface area contributed by atoms with E-state index in [1.807, 2.05) is 29.2 Å². The van der Waals surface area contributed by atoms with Crippen LogP contribution in [0.25, 0.3) is 0 Å². The minimum atomic E-state index is 0.0871. The molecule has 1 amide bonds. The second kappa shape index (κ2) is 6.16. The summed E-state index contributed by atoms with van der Waals surface area (Å²) >= 11 is 3.39. The Balaban J connectivity index is 2.04. The van der Waals surface area contributed by atoms with Crippen molar-refractivity contribution in [2.45, 2.75) is 6.42 Å². The van der Waals surface area contributed by atoms with Gasteiger partial charge in [-0.05, 0) is 30.2 Å². The van der Waals surface area contributed by atoms with Gasteiger partial charge in [0.1, 0.15) is 0 Å². The van der Waals surface area contributed by atoms with Crippen molar-refractivity contribution in [3.63, 3.8) is 0 Å². The number of hydrogen-bond acceptors (Lipinski definition) is 2. The minimum absolute atomic E-state index is 0.0871. The maximum Gasteiger partial charge on any atom is 0.254 e. The summed E-state index contributed by atoms with van der Waals surface area (Å²) in [5.41, 5.74) is 2.00. The van der Waals surface area contributed by atoms with Crippen molar-refractivity contribution in [1.82, 2.24) is 4.90 Å². The van der Waals surface area contributed by atoms with Crippen molar-refractivity contribution in [1.29, 1.82) is 0 Å². The molecule has 0 aliphatic carbocycles. The van der Waals surface area contributed by atoms with Crippen LogP contribution >= 0.6 is 15.9 Å². The van der Waals surface area contributed by atoms with Crippen molar-refractivity contribution in [2.24, 2.45) is 0 Å². The van der Waals surface area contributed by atoms with E-state index in [0.29, 0.717) is 13.2 Å². The van der Waals surface area contributed by atoms with Gasteiger partial charge in [-0.1, -0.05) is 28.1 Å². The van der Waals surface area contributed by atoms with Crippen LogP contribution in [0.5, 0.6) is 0 Å². The number of rotatable bonds is 3. The Hall–Kier alpha value is -1.13. The summed E-state index contributed by atoms with van der Waals surface area (Å²) in [5, 5.41) is 0. The van der Waals surface area contributed by atoms with E-state index in [9.17, 15) is 4.79 Å². The van der Waals surface area contributed by atoms with Gasteiger partial charge >= 0.3 is 0 Å². The fraction of sp³-hybridized carbons (Fsp3) is 0.357. The van der Waals surface area contributed by atoms with Crippen molar-refractivity contribution in [3.05, 3.63) is 46.0 Å². The summed E-state index contributed by atoms with van der Waals surface area (Å²) in [4.78, 5) is 14.1. The van der Waals surface area contributed by atoms with E-state index in [-0.39, 0.29) is 5.91 Å². The molecule has 0 bridgehead atoms. The number of benzene rings is 1. The van der Waals surface area contributed by atoms with Crippen LogP contribution in [0, 0.1) is 0 Å².